The molecule has 7 atom stereocenters. The second kappa shape index (κ2) is 60.8. The largest absolute Gasteiger partial charge is 0.539 e. The Morgan fingerprint density at radius 3 is 0.991 bits per heavy atom. The van der Waals surface area contributed by atoms with Crippen molar-refractivity contribution in [3.63, 3.8) is 0 Å². The molecule has 648 valence electrons. The van der Waals surface area contributed by atoms with Gasteiger partial charge in [0.25, 0.3) is 8.32 Å². The summed E-state index contributed by atoms with van der Waals surface area (Å²) in [6.07, 6.45) is 65.9. The van der Waals surface area contributed by atoms with Crippen LogP contribution in [0.3, 0.4) is 0 Å². The van der Waals surface area contributed by atoms with E-state index in [0.29, 0.717) is 6.42 Å². The molecule has 15 heteroatoms. The molecule has 1 aromatic heterocycles. The number of allylic oxidation sites excluding steroid dienone is 1. The summed E-state index contributed by atoms with van der Waals surface area (Å²) in [5, 5.41) is 2.88. The van der Waals surface area contributed by atoms with E-state index in [-0.39, 0.29) is 74.4 Å². The van der Waals surface area contributed by atoms with Gasteiger partial charge in [0.05, 0.1) is 17.9 Å². The number of unbranched alkanes of at least 4 members (excludes halogenated alkanes) is 34. The number of hydrogen-bond donors (Lipinski definition) is 0. The third-order valence-corrected chi connectivity index (χ3v) is 44.2. The van der Waals surface area contributed by atoms with Gasteiger partial charge in [-0.05, 0) is 147 Å². The summed E-state index contributed by atoms with van der Waals surface area (Å²) in [4.78, 5) is 39.6. The number of ether oxygens (including phenoxy) is 2. The molecule has 110 heavy (non-hydrogen) atoms. The zero-order valence-electron chi connectivity index (χ0n) is 78.0. The maximum absolute atomic E-state index is 12.1. The van der Waals surface area contributed by atoms with Gasteiger partial charge >= 0.3 is 11.9 Å². The fourth-order valence-electron chi connectivity index (χ4n) is 13.3. The summed E-state index contributed by atoms with van der Waals surface area (Å²) in [7, 11) is -7.24. The zero-order chi connectivity index (χ0) is 83.2. The lowest BCUT2D eigenvalue weighted by Crippen LogP contribution is -2.49. The third kappa shape index (κ3) is 50.2. The van der Waals surface area contributed by atoms with Gasteiger partial charge in [0, 0.05) is 37.7 Å². The number of cyclic esters (lactones) is 2. The molecule has 0 bridgehead atoms. The second-order valence-electron chi connectivity index (χ2n) is 39.6. The highest BCUT2D eigenvalue weighted by Crippen LogP contribution is 2.44. The van der Waals surface area contributed by atoms with Gasteiger partial charge in [-0.25, -0.2) is 4.98 Å². The van der Waals surface area contributed by atoms with Crippen molar-refractivity contribution < 1.29 is 41.6 Å². The average molecular weight is 1630 g/mol. The van der Waals surface area contributed by atoms with E-state index < -0.39 is 33.3 Å². The van der Waals surface area contributed by atoms with Crippen LogP contribution in [0.4, 0.5) is 0 Å². The highest BCUT2D eigenvalue weighted by atomic mass is 32.2. The van der Waals surface area contributed by atoms with Crippen molar-refractivity contribution in [2.24, 2.45) is 11.8 Å². The summed E-state index contributed by atoms with van der Waals surface area (Å²) in [5.41, 5.74) is 0. The molecule has 0 saturated carbocycles. The molecule has 2 aliphatic heterocycles. The van der Waals surface area contributed by atoms with Crippen molar-refractivity contribution in [2.75, 3.05) is 0 Å². The van der Waals surface area contributed by atoms with E-state index in [9.17, 15) is 14.4 Å². The van der Waals surface area contributed by atoms with Crippen LogP contribution in [0.25, 0.3) is 0 Å². The van der Waals surface area contributed by atoms with Crippen molar-refractivity contribution >= 4 is 63.3 Å². The lowest BCUT2D eigenvalue weighted by atomic mass is 9.86. The highest BCUT2D eigenvalue weighted by molar-refractivity contribution is 8.02. The SMILES string of the molecule is CCCCCC/C=C(\O[Si](C)(C)C(C)(C)C)Sc1ccccn1.CCCCCCCCCCC[C@H](CC=O)O[Si](C)(C)C(C)(C)C.CCCCCCCCCCC[C@H](C[C@@H]1OC(=O)[C@H]1CCCCCC)O[Si](C)(C)C(C)(C)C.CCCCCCCCCCC[C@H](C[C@H]1OC(=O)[C@@H]1CCCCCC)O[Si](C)(C)C(C)(C)C. The van der Waals surface area contributed by atoms with Crippen molar-refractivity contribution in [3.05, 3.63) is 35.6 Å². The fourth-order valence-corrected chi connectivity index (χ4v) is 19.9. The van der Waals surface area contributed by atoms with Gasteiger partial charge in [-0.1, -0.05) is 375 Å². The Morgan fingerprint density at radius 1 is 0.409 bits per heavy atom. The number of carbonyl (C=O) groups is 3. The van der Waals surface area contributed by atoms with Crippen molar-refractivity contribution in [1.29, 1.82) is 0 Å². The first-order valence-corrected chi connectivity index (χ1v) is 59.1. The Balaban J connectivity index is 0.00000146. The number of hydrogen-bond acceptors (Lipinski definition) is 11. The van der Waals surface area contributed by atoms with E-state index in [1.54, 1.807) is 11.8 Å². The molecule has 0 amide bonds. The minimum absolute atomic E-state index is 0.0284. The zero-order valence-corrected chi connectivity index (χ0v) is 82.8. The molecule has 0 aliphatic carbocycles. The van der Waals surface area contributed by atoms with Crippen LogP contribution in [0.5, 0.6) is 0 Å². The van der Waals surface area contributed by atoms with Gasteiger partial charge in [-0.3, -0.25) is 9.59 Å². The molecule has 3 heterocycles. The summed E-state index contributed by atoms with van der Waals surface area (Å²) in [5.74, 6) is 0.280. The number of aromatic nitrogens is 1. The van der Waals surface area contributed by atoms with E-state index >= 15 is 0 Å². The Morgan fingerprint density at radius 2 is 0.700 bits per heavy atom. The van der Waals surface area contributed by atoms with Gasteiger partial charge in [0.15, 0.2) is 25.0 Å². The Labute approximate surface area is 693 Å². The van der Waals surface area contributed by atoms with Crippen LogP contribution in [0, 0.1) is 11.8 Å². The lowest BCUT2D eigenvalue weighted by molar-refractivity contribution is -0.189. The molecule has 2 saturated heterocycles. The van der Waals surface area contributed by atoms with Crippen LogP contribution in [0.1, 0.15) is 433 Å². The monoisotopic (exact) mass is 1630 g/mol. The molecular weight excluding hydrogens is 1440 g/mol. The van der Waals surface area contributed by atoms with Crippen LogP contribution in [-0.4, -0.2) is 87.0 Å². The van der Waals surface area contributed by atoms with Gasteiger partial charge in [-0.2, -0.15) is 0 Å². The Kier molecular flexibility index (Phi) is 59.9. The number of carbonyl (C=O) groups excluding carboxylic acids is 3. The minimum Gasteiger partial charge on any atom is -0.539 e. The Hall–Kier alpha value is -1.60. The molecule has 0 aromatic carbocycles. The third-order valence-electron chi connectivity index (χ3n) is 25.2. The van der Waals surface area contributed by atoms with Gasteiger partial charge < -0.3 is 32.0 Å². The van der Waals surface area contributed by atoms with Gasteiger partial charge in [0.1, 0.15) is 28.6 Å². The van der Waals surface area contributed by atoms with Crippen molar-refractivity contribution in [2.45, 2.75) is 541 Å². The first-order chi connectivity index (χ1) is 51.7. The highest BCUT2D eigenvalue weighted by Gasteiger charge is 2.48. The summed E-state index contributed by atoms with van der Waals surface area (Å²) in [6, 6.07) is 6.03. The summed E-state index contributed by atoms with van der Waals surface area (Å²) in [6.45, 7) is 59.6. The van der Waals surface area contributed by atoms with Gasteiger partial charge in [0.2, 0.25) is 0 Å². The quantitative estimate of drug-likeness (QED) is 0.0155. The predicted octanol–water partition coefficient (Wildman–Crippen LogP) is 32.3. The van der Waals surface area contributed by atoms with Crippen molar-refractivity contribution in [1.82, 2.24) is 4.98 Å². The topological polar surface area (TPSA) is 119 Å². The number of pyridine rings is 1. The second-order valence-corrected chi connectivity index (χ2v) is 59.6. The first kappa shape index (κ1) is 108. The van der Waals surface area contributed by atoms with E-state index in [0.717, 1.165) is 80.6 Å². The molecule has 0 unspecified atom stereocenters. The van der Waals surface area contributed by atoms with Crippen LogP contribution in [0.2, 0.25) is 72.5 Å². The smallest absolute Gasteiger partial charge is 0.313 e. The molecule has 10 nitrogen and oxygen atoms in total. The van der Waals surface area contributed by atoms with Crippen LogP contribution in [0.15, 0.2) is 40.6 Å². The maximum atomic E-state index is 12.1. The maximum Gasteiger partial charge on any atom is 0.313 e. The molecule has 0 N–H and O–H groups in total. The fraction of sp³-hybridized carbons (Fsp3) is 0.895. The van der Waals surface area contributed by atoms with Crippen LogP contribution in [-0.2, 0) is 41.6 Å². The lowest BCUT2D eigenvalue weighted by Gasteiger charge is -2.42. The number of rotatable bonds is 61. The number of nitrogens with zero attached hydrogens (tertiary/aromatic N) is 1. The predicted molar refractivity (Wildman–Crippen MR) is 491 cm³/mol. The summed E-state index contributed by atoms with van der Waals surface area (Å²) < 4.78 is 37.9. The molecule has 2 fully saturated rings. The van der Waals surface area contributed by atoms with E-state index in [1.807, 2.05) is 24.4 Å². The number of aldehydes is 1. The van der Waals surface area contributed by atoms with E-state index in [2.05, 4.69) is 188 Å². The molecule has 1 aromatic rings. The molecular formula is C95H187NO9SSi4. The minimum atomic E-state index is -1.83. The number of esters is 2. The first-order valence-electron chi connectivity index (χ1n) is 46.6. The van der Waals surface area contributed by atoms with Crippen LogP contribution >= 0.6 is 11.8 Å². The molecule has 3 rings (SSSR count). The molecule has 0 radical (unpaired) electrons. The van der Waals surface area contributed by atoms with Crippen molar-refractivity contribution in [3.8, 4) is 0 Å². The molecule has 2 aliphatic rings. The normalized spacial score (nSPS) is 17.4. The number of thioether (sulfide) groups is 1. The van der Waals surface area contributed by atoms with Gasteiger partial charge in [-0.15, -0.1) is 0 Å². The average Bonchev–Trinajstić information content (AvgIpc) is 0.721. The molecule has 0 spiro atoms. The van der Waals surface area contributed by atoms with Crippen LogP contribution < -0.4 is 0 Å². The van der Waals surface area contributed by atoms with E-state index in [4.69, 9.17) is 27.2 Å². The van der Waals surface area contributed by atoms with E-state index in [1.165, 1.54) is 238 Å². The standard InChI is InChI=1S/2C28H56O3Si.C20H42O2Si.C19H33NOSSi/c2*1-8-10-12-14-15-16-17-18-19-21-24(31-32(6,7)28(3,4)5)23-26-25(27(29)30-26)22-20-13-11-9-2;1-7-8-9-10-11-12-13-14-15-16-19(17-18-21)22-23(5,6)20(2,3)4;1-7-8-9-10-11-15-18(21-23(5,6)19(2,3)4)22-17-14-12-13-16-20-17/h2*24-26H,8-23H2,1-7H3;18-19H,7-17H2,1-6H3;12-16H,7-11H2,1-6H3/b;;;18-15+/t24-,25+,26+;24-,25-,26-;19-;/m111./s1. The Bertz CT molecular complexity index is 2340. The summed E-state index contributed by atoms with van der Waals surface area (Å²) >= 11 is 1.66.